The molecule has 3 aromatic rings. The van der Waals surface area contributed by atoms with Crippen molar-refractivity contribution in [3.8, 4) is 11.1 Å². The number of amidine groups is 1. The third kappa shape index (κ3) is 9.62. The van der Waals surface area contributed by atoms with Crippen molar-refractivity contribution in [3.63, 3.8) is 0 Å². The van der Waals surface area contributed by atoms with Crippen molar-refractivity contribution in [1.82, 2.24) is 20.3 Å². The second kappa shape index (κ2) is 14.9. The lowest BCUT2D eigenvalue weighted by molar-refractivity contribution is -0.134. The van der Waals surface area contributed by atoms with E-state index in [1.54, 1.807) is 48.4 Å². The zero-order valence-corrected chi connectivity index (χ0v) is 27.6. The number of hydrogen-bond acceptors (Lipinski definition) is 6. The van der Waals surface area contributed by atoms with Crippen LogP contribution < -0.4 is 21.1 Å². The Labute approximate surface area is 271 Å². The molecule has 1 fully saturated rings. The summed E-state index contributed by atoms with van der Waals surface area (Å²) in [6.07, 6.45) is 1.13. The fourth-order valence-corrected chi connectivity index (χ4v) is 6.60. The van der Waals surface area contributed by atoms with E-state index in [4.69, 9.17) is 15.9 Å². The monoisotopic (exact) mass is 648 g/mol. The second-order valence-electron chi connectivity index (χ2n) is 12.6. The lowest BCUT2D eigenvalue weighted by Gasteiger charge is -2.35. The summed E-state index contributed by atoms with van der Waals surface area (Å²) in [4.78, 5) is 28.0. The molecule has 3 amide bonds. The lowest BCUT2D eigenvalue weighted by Crippen LogP contribution is -2.55. The largest absolute Gasteiger partial charge is 0.384 e. The standard InChI is InChI=1S/C34H44N6O5S/c1-34(2,3)38-33(42)37-28-15-17-40(18-16-28)32(41)30(20-24-7-5-9-27(19-24)31(35)36)39-46(43,44)29-10-6-8-26(21-29)25-13-11-23(12-14-25)22-45-4/h5-14,19,21,28,30,39H,15-18,20,22H2,1-4H3,(H3,35,36)(H2,37,38,42)/t30-/m0/s1. The van der Waals surface area contributed by atoms with Crippen LogP contribution in [-0.4, -0.2) is 68.9 Å². The number of sulfonamides is 1. The fraction of sp³-hybridized carbons (Fsp3) is 0.382. The molecule has 6 N–H and O–H groups in total. The van der Waals surface area contributed by atoms with Gasteiger partial charge in [-0.2, -0.15) is 4.72 Å². The Morgan fingerprint density at radius 1 is 0.978 bits per heavy atom. The molecule has 0 saturated carbocycles. The SMILES string of the molecule is COCc1ccc(-c2cccc(S(=O)(=O)N[C@@H](Cc3cccc(C(=N)N)c3)C(=O)N3CCC(NC(=O)NC(C)(C)C)CC3)c2)cc1. The molecular weight excluding hydrogens is 604 g/mol. The van der Waals surface area contributed by atoms with Gasteiger partial charge in [0, 0.05) is 37.3 Å². The Balaban J connectivity index is 1.54. The maximum Gasteiger partial charge on any atom is 0.315 e. The Morgan fingerprint density at radius 3 is 2.28 bits per heavy atom. The minimum Gasteiger partial charge on any atom is -0.384 e. The fourth-order valence-electron chi connectivity index (χ4n) is 5.37. The molecule has 1 aliphatic heterocycles. The number of likely N-dealkylation sites (tertiary alicyclic amines) is 1. The van der Waals surface area contributed by atoms with E-state index in [1.165, 1.54) is 6.07 Å². The number of benzene rings is 3. The summed E-state index contributed by atoms with van der Waals surface area (Å²) < 4.78 is 35.5. The highest BCUT2D eigenvalue weighted by Gasteiger charge is 2.32. The first-order valence-electron chi connectivity index (χ1n) is 15.3. The van der Waals surface area contributed by atoms with Crippen LogP contribution in [0.25, 0.3) is 11.1 Å². The molecule has 4 rings (SSSR count). The Bertz CT molecular complexity index is 1640. The number of nitrogen functional groups attached to an aromatic ring is 1. The van der Waals surface area contributed by atoms with Gasteiger partial charge in [-0.1, -0.05) is 54.6 Å². The molecule has 1 heterocycles. The van der Waals surface area contributed by atoms with Gasteiger partial charge in [-0.3, -0.25) is 10.2 Å². The molecule has 0 spiro atoms. The molecule has 0 unspecified atom stereocenters. The number of nitrogens with two attached hydrogens (primary N) is 1. The number of ether oxygens (including phenoxy) is 1. The van der Waals surface area contributed by atoms with E-state index in [0.29, 0.717) is 49.2 Å². The molecule has 1 atom stereocenters. The number of rotatable bonds is 11. The summed E-state index contributed by atoms with van der Waals surface area (Å²) in [6, 6.07) is 19.7. The van der Waals surface area contributed by atoms with Gasteiger partial charge in [-0.05, 0) is 80.5 Å². The van der Waals surface area contributed by atoms with Crippen LogP contribution >= 0.6 is 0 Å². The van der Waals surface area contributed by atoms with E-state index < -0.39 is 16.1 Å². The normalized spacial score (nSPS) is 14.8. The van der Waals surface area contributed by atoms with Crippen LogP contribution in [0.1, 0.15) is 50.3 Å². The summed E-state index contributed by atoms with van der Waals surface area (Å²) in [6.45, 7) is 6.90. The van der Waals surface area contributed by atoms with Gasteiger partial charge in [0.15, 0.2) is 0 Å². The predicted octanol–water partition coefficient (Wildman–Crippen LogP) is 3.76. The van der Waals surface area contributed by atoms with Crippen molar-refractivity contribution in [1.29, 1.82) is 5.41 Å². The van der Waals surface area contributed by atoms with Crippen molar-refractivity contribution in [2.45, 2.75) is 69.2 Å². The van der Waals surface area contributed by atoms with Crippen molar-refractivity contribution in [2.24, 2.45) is 5.73 Å². The van der Waals surface area contributed by atoms with Crippen LogP contribution in [-0.2, 0) is 32.6 Å². The molecule has 0 radical (unpaired) electrons. The third-order valence-corrected chi connectivity index (χ3v) is 9.12. The molecule has 3 aromatic carbocycles. The first kappa shape index (κ1) is 34.6. The number of methoxy groups -OCH3 is 1. The zero-order valence-electron chi connectivity index (χ0n) is 26.8. The highest BCUT2D eigenvalue weighted by molar-refractivity contribution is 7.89. The molecule has 11 nitrogen and oxygen atoms in total. The number of nitrogens with zero attached hydrogens (tertiary/aromatic N) is 1. The van der Waals surface area contributed by atoms with E-state index >= 15 is 0 Å². The van der Waals surface area contributed by atoms with Crippen molar-refractivity contribution >= 4 is 27.8 Å². The quantitative estimate of drug-likeness (QED) is 0.157. The van der Waals surface area contributed by atoms with E-state index in [-0.39, 0.29) is 40.7 Å². The number of nitrogens with one attached hydrogen (secondary N) is 4. The minimum atomic E-state index is -4.13. The first-order valence-corrected chi connectivity index (χ1v) is 16.7. The molecule has 46 heavy (non-hydrogen) atoms. The number of urea groups is 1. The van der Waals surface area contributed by atoms with Crippen molar-refractivity contribution in [3.05, 3.63) is 89.5 Å². The summed E-state index contributed by atoms with van der Waals surface area (Å²) in [5.41, 5.74) is 9.02. The molecular formula is C34H44N6O5S. The first-order chi connectivity index (χ1) is 21.7. The molecule has 1 saturated heterocycles. The van der Waals surface area contributed by atoms with Crippen molar-refractivity contribution < 1.29 is 22.7 Å². The maximum absolute atomic E-state index is 13.9. The number of amides is 3. The summed E-state index contributed by atoms with van der Waals surface area (Å²) in [5.74, 6) is -0.485. The van der Waals surface area contributed by atoms with Gasteiger partial charge in [-0.25, -0.2) is 13.2 Å². The van der Waals surface area contributed by atoms with Gasteiger partial charge in [0.25, 0.3) is 0 Å². The van der Waals surface area contributed by atoms with Crippen LogP contribution in [0.15, 0.2) is 77.7 Å². The lowest BCUT2D eigenvalue weighted by atomic mass is 10.0. The number of hydrogen-bond donors (Lipinski definition) is 5. The Morgan fingerprint density at radius 2 is 1.65 bits per heavy atom. The summed E-state index contributed by atoms with van der Waals surface area (Å²) in [7, 11) is -2.50. The summed E-state index contributed by atoms with van der Waals surface area (Å²) in [5, 5.41) is 13.7. The van der Waals surface area contributed by atoms with Gasteiger partial charge in [0.05, 0.1) is 11.5 Å². The van der Waals surface area contributed by atoms with Crippen LogP contribution in [0.5, 0.6) is 0 Å². The topological polar surface area (TPSA) is 167 Å². The molecule has 246 valence electrons. The molecule has 0 bridgehead atoms. The maximum atomic E-state index is 13.9. The third-order valence-electron chi connectivity index (χ3n) is 7.65. The highest BCUT2D eigenvalue weighted by atomic mass is 32.2. The van der Waals surface area contributed by atoms with Crippen LogP contribution in [0.4, 0.5) is 4.79 Å². The average molecular weight is 649 g/mol. The average Bonchev–Trinajstić information content (AvgIpc) is 3.00. The Kier molecular flexibility index (Phi) is 11.2. The van der Waals surface area contributed by atoms with Crippen LogP contribution in [0, 0.1) is 5.41 Å². The highest BCUT2D eigenvalue weighted by Crippen LogP contribution is 2.24. The van der Waals surface area contributed by atoms with Gasteiger partial charge in [-0.15, -0.1) is 0 Å². The molecule has 0 aliphatic carbocycles. The molecule has 1 aliphatic rings. The number of carbonyl (C=O) groups excluding carboxylic acids is 2. The van der Waals surface area contributed by atoms with E-state index in [0.717, 1.165) is 11.1 Å². The summed E-state index contributed by atoms with van der Waals surface area (Å²) >= 11 is 0. The number of piperidine rings is 1. The van der Waals surface area contributed by atoms with Crippen LogP contribution in [0.2, 0.25) is 0 Å². The van der Waals surface area contributed by atoms with E-state index in [2.05, 4.69) is 15.4 Å². The van der Waals surface area contributed by atoms with Gasteiger partial charge < -0.3 is 26.0 Å². The second-order valence-corrected chi connectivity index (χ2v) is 14.3. The van der Waals surface area contributed by atoms with Crippen LogP contribution in [0.3, 0.4) is 0 Å². The number of carbonyl (C=O) groups is 2. The Hall–Kier alpha value is -4.26. The van der Waals surface area contributed by atoms with Gasteiger partial charge >= 0.3 is 6.03 Å². The smallest absolute Gasteiger partial charge is 0.315 e. The van der Waals surface area contributed by atoms with Crippen molar-refractivity contribution in [2.75, 3.05) is 20.2 Å². The molecule has 0 aromatic heterocycles. The van der Waals surface area contributed by atoms with E-state index in [9.17, 15) is 18.0 Å². The zero-order chi connectivity index (χ0) is 33.5. The predicted molar refractivity (Wildman–Crippen MR) is 179 cm³/mol. The van der Waals surface area contributed by atoms with E-state index in [1.807, 2.05) is 51.1 Å². The minimum absolute atomic E-state index is 0.0361. The van der Waals surface area contributed by atoms with Gasteiger partial charge in [0.2, 0.25) is 15.9 Å². The van der Waals surface area contributed by atoms with Gasteiger partial charge in [0.1, 0.15) is 11.9 Å². The molecule has 12 heteroatoms.